The second-order valence-corrected chi connectivity index (χ2v) is 11.6. The zero-order chi connectivity index (χ0) is 29.0. The van der Waals surface area contributed by atoms with Crippen molar-refractivity contribution in [2.24, 2.45) is 11.5 Å². The highest BCUT2D eigenvalue weighted by Gasteiger charge is 2.31. The average Bonchev–Trinajstić information content (AvgIpc) is 3.30. The van der Waals surface area contributed by atoms with E-state index in [1.54, 1.807) is 18.0 Å². The van der Waals surface area contributed by atoms with E-state index in [1.165, 1.54) is 12.1 Å². The molecule has 0 radical (unpaired) electrons. The molecule has 218 valence electrons. The first kappa shape index (κ1) is 29.8. The molecule has 1 saturated heterocycles. The van der Waals surface area contributed by atoms with E-state index in [2.05, 4.69) is 42.8 Å². The number of nitrogens with two attached hydrogens (primary N) is 2. The number of nitrogens with zero attached hydrogens (tertiary/aromatic N) is 3. The van der Waals surface area contributed by atoms with Gasteiger partial charge >= 0.3 is 6.36 Å². The van der Waals surface area contributed by atoms with Gasteiger partial charge in [0.2, 0.25) is 0 Å². The van der Waals surface area contributed by atoms with Gasteiger partial charge in [-0.3, -0.25) is 4.90 Å². The molecule has 2 heterocycles. The van der Waals surface area contributed by atoms with Gasteiger partial charge in [-0.15, -0.1) is 13.2 Å². The van der Waals surface area contributed by atoms with E-state index < -0.39 is 6.36 Å². The Balaban J connectivity index is 1.37. The smallest absolute Gasteiger partial charge is 0.406 e. The maximum atomic E-state index is 12.8. The van der Waals surface area contributed by atoms with Gasteiger partial charge in [-0.2, -0.15) is 0 Å². The first-order valence-corrected chi connectivity index (χ1v) is 14.7. The van der Waals surface area contributed by atoms with Crippen molar-refractivity contribution in [1.82, 2.24) is 13.8 Å². The zero-order valence-corrected chi connectivity index (χ0v) is 24.1. The first-order valence-electron chi connectivity index (χ1n) is 13.5. The van der Waals surface area contributed by atoms with Crippen molar-refractivity contribution < 1.29 is 17.9 Å². The van der Waals surface area contributed by atoms with Gasteiger partial charge in [0.15, 0.2) is 0 Å². The van der Waals surface area contributed by atoms with Crippen molar-refractivity contribution in [1.29, 1.82) is 0 Å². The van der Waals surface area contributed by atoms with Gasteiger partial charge in [-0.05, 0) is 78.0 Å². The lowest BCUT2D eigenvalue weighted by Crippen LogP contribution is -2.42. The number of aryl methyl sites for hydroxylation is 1. The van der Waals surface area contributed by atoms with Crippen molar-refractivity contribution >= 4 is 34.5 Å². The van der Waals surface area contributed by atoms with Gasteiger partial charge in [-0.1, -0.05) is 35.9 Å². The van der Waals surface area contributed by atoms with Crippen molar-refractivity contribution in [3.8, 4) is 16.9 Å². The van der Waals surface area contributed by atoms with Crippen LogP contribution in [-0.4, -0.2) is 52.9 Å². The SMILES string of the molecule is NCCCn1cc(-c2ccc(OC(F)(F)F)cc2CN)c2cc(SN3CCN(Cc4ccccc4Cl)CC3)ccc21. The van der Waals surface area contributed by atoms with Gasteiger partial charge in [0.05, 0.1) is 0 Å². The largest absolute Gasteiger partial charge is 0.573 e. The maximum absolute atomic E-state index is 12.8. The summed E-state index contributed by atoms with van der Waals surface area (Å²) in [5.74, 6) is -0.279. The van der Waals surface area contributed by atoms with E-state index in [4.69, 9.17) is 23.1 Å². The Morgan fingerprint density at radius 2 is 1.68 bits per heavy atom. The van der Waals surface area contributed by atoms with E-state index in [1.807, 2.05) is 24.4 Å². The Kier molecular flexibility index (Phi) is 9.48. The molecule has 0 spiro atoms. The lowest BCUT2D eigenvalue weighted by atomic mass is 9.99. The van der Waals surface area contributed by atoms with E-state index >= 15 is 0 Å². The summed E-state index contributed by atoms with van der Waals surface area (Å²) in [6, 6.07) is 18.7. The monoisotopic (exact) mass is 603 g/mol. The summed E-state index contributed by atoms with van der Waals surface area (Å²) in [5.41, 5.74) is 16.2. The van der Waals surface area contributed by atoms with Gasteiger partial charge < -0.3 is 20.8 Å². The van der Waals surface area contributed by atoms with Crippen LogP contribution in [0.15, 0.2) is 71.8 Å². The summed E-state index contributed by atoms with van der Waals surface area (Å²) in [6.07, 6.45) is -1.92. The summed E-state index contributed by atoms with van der Waals surface area (Å²) in [7, 11) is 0. The van der Waals surface area contributed by atoms with E-state index in [-0.39, 0.29) is 12.3 Å². The third-order valence-corrected chi connectivity index (χ3v) is 8.65. The van der Waals surface area contributed by atoms with Crippen molar-refractivity contribution in [3.05, 3.63) is 83.0 Å². The Labute approximate surface area is 247 Å². The van der Waals surface area contributed by atoms with Crippen LogP contribution >= 0.6 is 23.5 Å². The van der Waals surface area contributed by atoms with Crippen molar-refractivity contribution in [3.63, 3.8) is 0 Å². The molecule has 0 amide bonds. The van der Waals surface area contributed by atoms with Crippen LogP contribution < -0.4 is 16.2 Å². The van der Waals surface area contributed by atoms with Gasteiger partial charge in [0.25, 0.3) is 0 Å². The molecular weight excluding hydrogens is 571 g/mol. The molecule has 5 rings (SSSR count). The molecule has 0 bridgehead atoms. The molecule has 4 N–H and O–H groups in total. The number of halogens is 4. The molecule has 0 unspecified atom stereocenters. The van der Waals surface area contributed by atoms with Crippen LogP contribution in [0.4, 0.5) is 13.2 Å². The molecule has 1 aromatic heterocycles. The van der Waals surface area contributed by atoms with E-state index in [9.17, 15) is 13.2 Å². The summed E-state index contributed by atoms with van der Waals surface area (Å²) in [5, 5.41) is 1.82. The normalized spacial score (nSPS) is 15.1. The number of alkyl halides is 3. The number of hydrogen-bond acceptors (Lipinski definition) is 6. The molecule has 0 aliphatic carbocycles. The fraction of sp³-hybridized carbons (Fsp3) is 0.333. The highest BCUT2D eigenvalue weighted by Crippen LogP contribution is 2.38. The molecule has 6 nitrogen and oxygen atoms in total. The van der Waals surface area contributed by atoms with Crippen LogP contribution in [-0.2, 0) is 19.6 Å². The van der Waals surface area contributed by atoms with Crippen LogP contribution in [0.1, 0.15) is 17.5 Å². The summed E-state index contributed by atoms with van der Waals surface area (Å²) in [4.78, 5) is 3.51. The molecule has 4 aromatic rings. The first-order chi connectivity index (χ1) is 19.7. The van der Waals surface area contributed by atoms with Crippen LogP contribution in [0.5, 0.6) is 5.75 Å². The Morgan fingerprint density at radius 1 is 0.902 bits per heavy atom. The Bertz CT molecular complexity index is 1490. The van der Waals surface area contributed by atoms with Crippen LogP contribution in [0.25, 0.3) is 22.0 Å². The number of piperazine rings is 1. The van der Waals surface area contributed by atoms with Crippen molar-refractivity contribution in [2.45, 2.75) is 37.3 Å². The van der Waals surface area contributed by atoms with Crippen molar-refractivity contribution in [2.75, 3.05) is 32.7 Å². The maximum Gasteiger partial charge on any atom is 0.573 e. The number of benzene rings is 3. The minimum atomic E-state index is -4.77. The molecular formula is C30H33ClF3N5OS. The quantitative estimate of drug-likeness (QED) is 0.202. The minimum absolute atomic E-state index is 0.0762. The fourth-order valence-corrected chi connectivity index (χ4v) is 6.33. The van der Waals surface area contributed by atoms with Gasteiger partial charge in [0.1, 0.15) is 5.75 Å². The topological polar surface area (TPSA) is 72.7 Å². The zero-order valence-electron chi connectivity index (χ0n) is 22.5. The second kappa shape index (κ2) is 13.1. The highest BCUT2D eigenvalue weighted by molar-refractivity contribution is 7.97. The molecule has 41 heavy (non-hydrogen) atoms. The van der Waals surface area contributed by atoms with Crippen LogP contribution in [0.2, 0.25) is 5.02 Å². The van der Waals surface area contributed by atoms with Gasteiger partial charge in [-0.25, -0.2) is 4.31 Å². The number of rotatable bonds is 10. The molecule has 11 heteroatoms. The molecule has 1 aliphatic heterocycles. The summed E-state index contributed by atoms with van der Waals surface area (Å²) >= 11 is 8.08. The van der Waals surface area contributed by atoms with Crippen LogP contribution in [0.3, 0.4) is 0 Å². The predicted octanol–water partition coefficient (Wildman–Crippen LogP) is 6.49. The third kappa shape index (κ3) is 7.38. The number of aromatic nitrogens is 1. The van der Waals surface area contributed by atoms with E-state index in [0.717, 1.165) is 83.2 Å². The number of hydrogen-bond donors (Lipinski definition) is 2. The molecule has 1 fully saturated rings. The highest BCUT2D eigenvalue weighted by atomic mass is 35.5. The fourth-order valence-electron chi connectivity index (χ4n) is 5.19. The predicted molar refractivity (Wildman–Crippen MR) is 160 cm³/mol. The lowest BCUT2D eigenvalue weighted by Gasteiger charge is -2.34. The lowest BCUT2D eigenvalue weighted by molar-refractivity contribution is -0.274. The Morgan fingerprint density at radius 3 is 2.39 bits per heavy atom. The minimum Gasteiger partial charge on any atom is -0.406 e. The van der Waals surface area contributed by atoms with E-state index in [0.29, 0.717) is 12.1 Å². The molecule has 3 aromatic carbocycles. The molecule has 0 atom stereocenters. The number of ether oxygens (including phenoxy) is 1. The number of fused-ring (bicyclic) bond motifs is 1. The summed E-state index contributed by atoms with van der Waals surface area (Å²) < 4.78 is 47.1. The standard InChI is InChI=1S/C30H33ClF3N5OS/c31-28-5-2-1-4-21(28)19-37-12-14-39(15-13-37)41-24-7-9-29-26(17-24)27(20-38(29)11-3-10-35)25-8-6-23(16-22(25)18-36)40-30(32,33)34/h1-2,4-9,16-17,20H,3,10-15,18-19,35-36H2. The Hall–Kier alpha value is -2.73. The molecule has 1 aliphatic rings. The average molecular weight is 604 g/mol. The third-order valence-electron chi connectivity index (χ3n) is 7.19. The summed E-state index contributed by atoms with van der Waals surface area (Å²) in [6.45, 7) is 5.90. The second-order valence-electron chi connectivity index (χ2n) is 10.0. The van der Waals surface area contributed by atoms with Crippen LogP contribution in [0, 0.1) is 0 Å². The van der Waals surface area contributed by atoms with Gasteiger partial charge in [0, 0.05) is 78.4 Å². The molecule has 0 saturated carbocycles.